The molecule has 0 aliphatic carbocycles. The molecule has 0 unspecified atom stereocenters. The number of hydrogen-bond acceptors (Lipinski definition) is 7. The Hall–Kier alpha value is -4.27. The number of rotatable bonds is 2. The van der Waals surface area contributed by atoms with E-state index in [-0.39, 0.29) is 21.4 Å². The summed E-state index contributed by atoms with van der Waals surface area (Å²) >= 11 is 10.3. The summed E-state index contributed by atoms with van der Waals surface area (Å²) in [5.74, 6) is -2.31. The maximum absolute atomic E-state index is 13.0. The van der Waals surface area contributed by atoms with E-state index in [1.165, 1.54) is 59.9 Å². The molecule has 9 nitrogen and oxygen atoms in total. The van der Waals surface area contributed by atoms with Crippen LogP contribution in [0, 0.1) is 11.3 Å². The molecule has 0 bridgehead atoms. The van der Waals surface area contributed by atoms with E-state index in [0.29, 0.717) is 27.5 Å². The zero-order valence-electron chi connectivity index (χ0n) is 19.7. The summed E-state index contributed by atoms with van der Waals surface area (Å²) in [5.41, 5.74) is 1.01. The quantitative estimate of drug-likeness (QED) is 0.340. The second-order valence-electron chi connectivity index (χ2n) is 8.25. The Balaban J connectivity index is 2.00. The van der Waals surface area contributed by atoms with Crippen molar-refractivity contribution in [1.29, 1.82) is 5.26 Å². The Kier molecular flexibility index (Phi) is 6.26. The van der Waals surface area contributed by atoms with Gasteiger partial charge in [0.25, 0.3) is 23.6 Å². The van der Waals surface area contributed by atoms with E-state index in [1.54, 1.807) is 30.3 Å². The fourth-order valence-electron chi connectivity index (χ4n) is 3.98. The summed E-state index contributed by atoms with van der Waals surface area (Å²) in [4.78, 5) is 56.6. The van der Waals surface area contributed by atoms with Crippen LogP contribution >= 0.6 is 24.4 Å². The van der Waals surface area contributed by atoms with E-state index >= 15 is 0 Å². The third-order valence-electron chi connectivity index (χ3n) is 6.10. The fourth-order valence-corrected chi connectivity index (χ4v) is 4.31. The van der Waals surface area contributed by atoms with Crippen LogP contribution in [-0.4, -0.2) is 81.6 Å². The fraction of sp³-hybridized carbons (Fsp3) is 0.160. The lowest BCUT2D eigenvalue weighted by atomic mass is 9.93. The molecular formula is C25H19N5O4S2. The van der Waals surface area contributed by atoms with Crippen molar-refractivity contribution in [3.63, 3.8) is 0 Å². The topological polar surface area (TPSA) is 105 Å². The van der Waals surface area contributed by atoms with Gasteiger partial charge in [-0.3, -0.25) is 38.8 Å². The van der Waals surface area contributed by atoms with Crippen LogP contribution in [0.25, 0.3) is 22.9 Å². The highest BCUT2D eigenvalue weighted by molar-refractivity contribution is 7.80. The van der Waals surface area contributed by atoms with E-state index < -0.39 is 23.6 Å². The minimum Gasteiger partial charge on any atom is -0.288 e. The summed E-state index contributed by atoms with van der Waals surface area (Å²) in [7, 11) is 5.89. The van der Waals surface area contributed by atoms with Crippen molar-refractivity contribution in [3.05, 3.63) is 58.2 Å². The lowest BCUT2D eigenvalue weighted by Gasteiger charge is -2.32. The van der Waals surface area contributed by atoms with E-state index in [4.69, 9.17) is 24.4 Å². The van der Waals surface area contributed by atoms with Crippen LogP contribution in [0.5, 0.6) is 0 Å². The van der Waals surface area contributed by atoms with Crippen molar-refractivity contribution in [3.8, 4) is 6.07 Å². The first-order valence-corrected chi connectivity index (χ1v) is 11.4. The van der Waals surface area contributed by atoms with E-state index in [9.17, 15) is 24.4 Å². The number of fused-ring (bicyclic) bond motifs is 1. The summed E-state index contributed by atoms with van der Waals surface area (Å²) in [6, 6.07) is 10.4. The lowest BCUT2D eigenvalue weighted by Crippen LogP contribution is -2.52. The molecule has 11 heteroatoms. The SMILES string of the molecule is CN1C(=O)C(=Cc2ccc3cc(C#N)ccc3c2C=C2C(=O)N(C)C(=S)N(C)C2=O)C(=O)N(C)C1=S. The molecule has 2 fully saturated rings. The molecule has 36 heavy (non-hydrogen) atoms. The van der Waals surface area contributed by atoms with Crippen molar-refractivity contribution in [2.45, 2.75) is 0 Å². The van der Waals surface area contributed by atoms with Gasteiger partial charge >= 0.3 is 0 Å². The standard InChI is InChI=1S/C25H19N5O4S2/c1-27-20(31)18(21(32)28(2)24(27)35)10-15-7-6-14-9-13(12-26)5-8-16(14)17(15)11-19-22(33)29(3)25(36)30(4)23(19)34/h5-11H,1-4H3. The normalized spacial score (nSPS) is 16.9. The van der Waals surface area contributed by atoms with Crippen LogP contribution in [-0.2, 0) is 19.2 Å². The van der Waals surface area contributed by atoms with Crippen molar-refractivity contribution >= 4 is 81.2 Å². The monoisotopic (exact) mass is 517 g/mol. The van der Waals surface area contributed by atoms with Gasteiger partial charge in [-0.15, -0.1) is 0 Å². The minimum absolute atomic E-state index is 0.0708. The molecule has 0 N–H and O–H groups in total. The number of hydrogen-bond donors (Lipinski definition) is 0. The van der Waals surface area contributed by atoms with Crippen molar-refractivity contribution in [1.82, 2.24) is 19.6 Å². The van der Waals surface area contributed by atoms with Gasteiger partial charge in [0.2, 0.25) is 0 Å². The van der Waals surface area contributed by atoms with Crippen LogP contribution in [0.3, 0.4) is 0 Å². The molecule has 0 spiro atoms. The van der Waals surface area contributed by atoms with E-state index in [0.717, 1.165) is 0 Å². The van der Waals surface area contributed by atoms with Crippen LogP contribution in [0.1, 0.15) is 16.7 Å². The molecule has 2 aliphatic heterocycles. The molecule has 2 aliphatic rings. The number of carbonyl (C=O) groups excluding carboxylic acids is 4. The van der Waals surface area contributed by atoms with E-state index in [2.05, 4.69) is 6.07 Å². The number of nitrogens with zero attached hydrogens (tertiary/aromatic N) is 5. The first-order valence-electron chi connectivity index (χ1n) is 10.6. The molecule has 0 aromatic heterocycles. The molecule has 2 aromatic rings. The van der Waals surface area contributed by atoms with Gasteiger partial charge in [0, 0.05) is 28.2 Å². The highest BCUT2D eigenvalue weighted by atomic mass is 32.1. The molecule has 0 saturated carbocycles. The molecular weight excluding hydrogens is 498 g/mol. The van der Waals surface area contributed by atoms with Gasteiger partial charge in [-0.1, -0.05) is 18.2 Å². The first kappa shape index (κ1) is 24.8. The van der Waals surface area contributed by atoms with E-state index in [1.807, 2.05) is 0 Å². The Labute approximate surface area is 217 Å². The largest absolute Gasteiger partial charge is 0.288 e. The zero-order valence-corrected chi connectivity index (χ0v) is 21.4. The van der Waals surface area contributed by atoms with Gasteiger partial charge < -0.3 is 0 Å². The Bertz CT molecular complexity index is 1480. The molecule has 2 saturated heterocycles. The second-order valence-corrected chi connectivity index (χ2v) is 8.98. The Morgan fingerprint density at radius 3 is 1.67 bits per heavy atom. The summed E-state index contributed by atoms with van der Waals surface area (Å²) < 4.78 is 0. The average Bonchev–Trinajstić information content (AvgIpc) is 2.89. The van der Waals surface area contributed by atoms with Crippen LogP contribution in [0.15, 0.2) is 41.5 Å². The van der Waals surface area contributed by atoms with Gasteiger partial charge in [0.15, 0.2) is 10.2 Å². The first-order chi connectivity index (χ1) is 17.0. The lowest BCUT2D eigenvalue weighted by molar-refractivity contribution is -0.133. The molecule has 4 rings (SSSR count). The van der Waals surface area contributed by atoms with Gasteiger partial charge in [-0.2, -0.15) is 5.26 Å². The predicted molar refractivity (Wildman–Crippen MR) is 141 cm³/mol. The number of amides is 4. The number of thiocarbonyl (C=S) groups is 2. The van der Waals surface area contributed by atoms with Gasteiger partial charge in [0.05, 0.1) is 11.6 Å². The third kappa shape index (κ3) is 3.86. The molecule has 180 valence electrons. The number of nitriles is 1. The van der Waals surface area contributed by atoms with Crippen LogP contribution < -0.4 is 0 Å². The number of carbonyl (C=O) groups is 4. The molecule has 2 heterocycles. The number of benzene rings is 2. The van der Waals surface area contributed by atoms with Crippen LogP contribution in [0.2, 0.25) is 0 Å². The van der Waals surface area contributed by atoms with Gasteiger partial charge in [-0.05, 0) is 70.6 Å². The highest BCUT2D eigenvalue weighted by Gasteiger charge is 2.37. The Morgan fingerprint density at radius 1 is 0.722 bits per heavy atom. The second kappa shape index (κ2) is 9.07. The van der Waals surface area contributed by atoms with Crippen molar-refractivity contribution in [2.24, 2.45) is 0 Å². The van der Waals surface area contributed by atoms with Gasteiger partial charge in [-0.25, -0.2) is 0 Å². The smallest absolute Gasteiger partial charge is 0.265 e. The van der Waals surface area contributed by atoms with Crippen molar-refractivity contribution < 1.29 is 19.2 Å². The highest BCUT2D eigenvalue weighted by Crippen LogP contribution is 2.30. The Morgan fingerprint density at radius 2 is 1.19 bits per heavy atom. The molecule has 2 aromatic carbocycles. The minimum atomic E-state index is -0.581. The predicted octanol–water partition coefficient (Wildman–Crippen LogP) is 1.91. The molecule has 4 amide bonds. The maximum atomic E-state index is 13.0. The number of likely N-dealkylation sites (N-methyl/N-ethyl adjacent to an activating group) is 4. The average molecular weight is 518 g/mol. The molecule has 0 atom stereocenters. The van der Waals surface area contributed by atoms with Gasteiger partial charge in [0.1, 0.15) is 11.1 Å². The summed E-state index contributed by atoms with van der Waals surface area (Å²) in [6.45, 7) is 0. The van der Waals surface area contributed by atoms with Crippen molar-refractivity contribution in [2.75, 3.05) is 28.2 Å². The third-order valence-corrected chi connectivity index (χ3v) is 7.20. The summed E-state index contributed by atoms with van der Waals surface area (Å²) in [6.07, 6.45) is 2.84. The maximum Gasteiger partial charge on any atom is 0.265 e. The van der Waals surface area contributed by atoms with Crippen LogP contribution in [0.4, 0.5) is 0 Å². The summed E-state index contributed by atoms with van der Waals surface area (Å²) in [5, 5.41) is 10.7. The molecule has 0 radical (unpaired) electrons. The zero-order chi connectivity index (χ0) is 26.5.